The second-order valence-corrected chi connectivity index (χ2v) is 5.76. The molecule has 1 aliphatic heterocycles. The molecule has 2 aromatic carbocycles. The molecule has 0 unspecified atom stereocenters. The topological polar surface area (TPSA) is 29.5 Å². The van der Waals surface area contributed by atoms with E-state index < -0.39 is 11.7 Å². The van der Waals surface area contributed by atoms with Crippen molar-refractivity contribution in [1.29, 1.82) is 0 Å². The summed E-state index contributed by atoms with van der Waals surface area (Å²) in [5, 5.41) is 0. The molecule has 1 aliphatic rings. The molecule has 126 valence electrons. The van der Waals surface area contributed by atoms with Gasteiger partial charge < -0.3 is 9.64 Å². The van der Waals surface area contributed by atoms with Gasteiger partial charge >= 0.3 is 6.18 Å². The Balaban J connectivity index is 1.89. The molecule has 0 radical (unpaired) electrons. The van der Waals surface area contributed by atoms with Gasteiger partial charge in [0.2, 0.25) is 5.91 Å². The van der Waals surface area contributed by atoms with E-state index in [0.29, 0.717) is 17.0 Å². The molecule has 0 aromatic heterocycles. The Hall–Kier alpha value is -2.50. The van der Waals surface area contributed by atoms with Crippen LogP contribution in [0.4, 0.5) is 18.9 Å². The number of nitrogens with zero attached hydrogens (tertiary/aromatic N) is 1. The van der Waals surface area contributed by atoms with Gasteiger partial charge in [-0.1, -0.05) is 19.1 Å². The average Bonchev–Trinajstić information content (AvgIpc) is 2.58. The Kier molecular flexibility index (Phi) is 3.99. The van der Waals surface area contributed by atoms with Crippen LogP contribution >= 0.6 is 0 Å². The lowest BCUT2D eigenvalue weighted by Gasteiger charge is -2.46. The predicted molar refractivity (Wildman–Crippen MR) is 83.8 cm³/mol. The minimum atomic E-state index is -4.37. The largest absolute Gasteiger partial charge is 0.497 e. The minimum Gasteiger partial charge on any atom is -0.497 e. The van der Waals surface area contributed by atoms with Crippen molar-refractivity contribution < 1.29 is 22.7 Å². The van der Waals surface area contributed by atoms with Gasteiger partial charge in [-0.05, 0) is 42.0 Å². The lowest BCUT2D eigenvalue weighted by molar-refractivity contribution is -0.137. The molecule has 0 aliphatic carbocycles. The van der Waals surface area contributed by atoms with Crippen molar-refractivity contribution >= 4 is 11.6 Å². The Bertz CT molecular complexity index is 738. The zero-order chi connectivity index (χ0) is 17.5. The summed E-state index contributed by atoms with van der Waals surface area (Å²) in [6, 6.07) is 11.7. The van der Waals surface area contributed by atoms with E-state index in [1.165, 1.54) is 12.1 Å². The molecular weight excluding hydrogens is 319 g/mol. The van der Waals surface area contributed by atoms with Crippen LogP contribution in [0.2, 0.25) is 0 Å². The third-order valence-electron chi connectivity index (χ3n) is 4.31. The number of amides is 1. The van der Waals surface area contributed by atoms with Gasteiger partial charge in [0.1, 0.15) is 5.75 Å². The fourth-order valence-corrected chi connectivity index (χ4v) is 2.97. The summed E-state index contributed by atoms with van der Waals surface area (Å²) in [7, 11) is 1.55. The maximum absolute atomic E-state index is 12.7. The fourth-order valence-electron chi connectivity index (χ4n) is 2.97. The monoisotopic (exact) mass is 335 g/mol. The second kappa shape index (κ2) is 5.85. The quantitative estimate of drug-likeness (QED) is 0.776. The van der Waals surface area contributed by atoms with Crippen LogP contribution in [0.15, 0.2) is 48.5 Å². The number of rotatable bonds is 3. The number of hydrogen-bond acceptors (Lipinski definition) is 2. The van der Waals surface area contributed by atoms with Gasteiger partial charge in [0.15, 0.2) is 0 Å². The van der Waals surface area contributed by atoms with Crippen LogP contribution in [-0.2, 0) is 11.0 Å². The summed E-state index contributed by atoms with van der Waals surface area (Å²) in [5.41, 5.74) is 0.690. The molecule has 24 heavy (non-hydrogen) atoms. The van der Waals surface area contributed by atoms with Crippen LogP contribution in [0.5, 0.6) is 5.75 Å². The minimum absolute atomic E-state index is 0.0509. The predicted octanol–water partition coefficient (Wildman–Crippen LogP) is 4.44. The zero-order valence-electron chi connectivity index (χ0n) is 13.2. The molecule has 3 rings (SSSR count). The molecular formula is C18H16F3NO2. The Morgan fingerprint density at radius 3 is 2.08 bits per heavy atom. The van der Waals surface area contributed by atoms with Crippen molar-refractivity contribution in [1.82, 2.24) is 0 Å². The van der Waals surface area contributed by atoms with E-state index in [-0.39, 0.29) is 17.9 Å². The number of ether oxygens (including phenoxy) is 1. The first-order valence-electron chi connectivity index (χ1n) is 7.47. The lowest BCUT2D eigenvalue weighted by atomic mass is 9.83. The van der Waals surface area contributed by atoms with Crippen molar-refractivity contribution in [2.75, 3.05) is 12.0 Å². The summed E-state index contributed by atoms with van der Waals surface area (Å²) in [6.07, 6.45) is -4.37. The highest BCUT2D eigenvalue weighted by Gasteiger charge is 2.46. The summed E-state index contributed by atoms with van der Waals surface area (Å²) in [4.78, 5) is 13.8. The van der Waals surface area contributed by atoms with Crippen LogP contribution in [0.25, 0.3) is 0 Å². The van der Waals surface area contributed by atoms with Crippen molar-refractivity contribution in [3.05, 3.63) is 59.7 Å². The van der Waals surface area contributed by atoms with E-state index in [4.69, 9.17) is 4.74 Å². The highest BCUT2D eigenvalue weighted by atomic mass is 19.4. The number of halogens is 3. The van der Waals surface area contributed by atoms with Crippen molar-refractivity contribution in [2.24, 2.45) is 5.92 Å². The Morgan fingerprint density at radius 2 is 1.58 bits per heavy atom. The fraction of sp³-hybridized carbons (Fsp3) is 0.278. The number of hydrogen-bond donors (Lipinski definition) is 0. The number of anilines is 1. The molecule has 0 N–H and O–H groups in total. The summed E-state index contributed by atoms with van der Waals surface area (Å²) < 4.78 is 43.2. The first-order chi connectivity index (χ1) is 11.3. The van der Waals surface area contributed by atoms with Crippen LogP contribution in [0, 0.1) is 5.92 Å². The molecule has 0 bridgehead atoms. The highest BCUT2D eigenvalue weighted by Crippen LogP contribution is 2.44. The van der Waals surface area contributed by atoms with E-state index in [1.54, 1.807) is 43.2 Å². The molecule has 1 heterocycles. The number of methoxy groups -OCH3 is 1. The van der Waals surface area contributed by atoms with Crippen LogP contribution < -0.4 is 9.64 Å². The third kappa shape index (κ3) is 2.72. The standard InChI is InChI=1S/C18H16F3NO2/c1-11-16(12-3-5-13(6-4-12)18(19,20)21)22(17(11)23)14-7-9-15(24-2)10-8-14/h3-11,16H,1-2H3/t11-,16+/m0/s1. The number of carbonyl (C=O) groups is 1. The van der Waals surface area contributed by atoms with E-state index in [9.17, 15) is 18.0 Å². The molecule has 0 saturated carbocycles. The van der Waals surface area contributed by atoms with Crippen LogP contribution in [-0.4, -0.2) is 13.0 Å². The molecule has 6 heteroatoms. The lowest BCUT2D eigenvalue weighted by Crippen LogP contribution is -2.54. The Labute approximate surface area is 137 Å². The van der Waals surface area contributed by atoms with E-state index in [2.05, 4.69) is 0 Å². The first kappa shape index (κ1) is 16.4. The number of benzene rings is 2. The Morgan fingerprint density at radius 1 is 1.00 bits per heavy atom. The maximum atomic E-state index is 12.7. The van der Waals surface area contributed by atoms with Crippen molar-refractivity contribution in [3.63, 3.8) is 0 Å². The van der Waals surface area contributed by atoms with E-state index in [1.807, 2.05) is 0 Å². The molecule has 0 spiro atoms. The molecule has 2 aromatic rings. The normalized spacial score (nSPS) is 20.7. The third-order valence-corrected chi connectivity index (χ3v) is 4.31. The van der Waals surface area contributed by atoms with Gasteiger partial charge in [0.25, 0.3) is 0 Å². The van der Waals surface area contributed by atoms with Crippen LogP contribution in [0.1, 0.15) is 24.1 Å². The van der Waals surface area contributed by atoms with Gasteiger partial charge in [0.05, 0.1) is 24.6 Å². The van der Waals surface area contributed by atoms with E-state index >= 15 is 0 Å². The second-order valence-electron chi connectivity index (χ2n) is 5.76. The van der Waals surface area contributed by atoms with Gasteiger partial charge in [-0.15, -0.1) is 0 Å². The van der Waals surface area contributed by atoms with Gasteiger partial charge in [-0.2, -0.15) is 13.2 Å². The molecule has 3 nitrogen and oxygen atoms in total. The zero-order valence-corrected chi connectivity index (χ0v) is 13.2. The highest BCUT2D eigenvalue weighted by molar-refractivity contribution is 6.03. The first-order valence-corrected chi connectivity index (χ1v) is 7.47. The molecule has 1 saturated heterocycles. The average molecular weight is 335 g/mol. The summed E-state index contributed by atoms with van der Waals surface area (Å²) in [6.45, 7) is 1.78. The van der Waals surface area contributed by atoms with Gasteiger partial charge in [-0.25, -0.2) is 0 Å². The number of alkyl halides is 3. The van der Waals surface area contributed by atoms with Crippen LogP contribution in [0.3, 0.4) is 0 Å². The summed E-state index contributed by atoms with van der Waals surface area (Å²) in [5.74, 6) is 0.347. The SMILES string of the molecule is COc1ccc(N2C(=O)[C@@H](C)[C@@H]2c2ccc(C(F)(F)F)cc2)cc1. The smallest absolute Gasteiger partial charge is 0.416 e. The van der Waals surface area contributed by atoms with Crippen molar-refractivity contribution in [2.45, 2.75) is 19.1 Å². The molecule has 1 fully saturated rings. The number of carbonyl (C=O) groups excluding carboxylic acids is 1. The summed E-state index contributed by atoms with van der Waals surface area (Å²) >= 11 is 0. The number of β-lactam (4-membered cyclic amide) rings is 1. The maximum Gasteiger partial charge on any atom is 0.416 e. The van der Waals surface area contributed by atoms with E-state index in [0.717, 1.165) is 12.1 Å². The van der Waals surface area contributed by atoms with Gasteiger partial charge in [0, 0.05) is 5.69 Å². The van der Waals surface area contributed by atoms with Gasteiger partial charge in [-0.3, -0.25) is 4.79 Å². The molecule has 1 amide bonds. The van der Waals surface area contributed by atoms with Crippen molar-refractivity contribution in [3.8, 4) is 5.75 Å². The molecule has 2 atom stereocenters.